The summed E-state index contributed by atoms with van der Waals surface area (Å²) in [4.78, 5) is 27.3. The molecule has 3 rings (SSSR count). The Morgan fingerprint density at radius 3 is 2.87 bits per heavy atom. The molecule has 2 heterocycles. The number of aromatic hydroxyl groups is 1. The number of non-ortho nitro benzene ring substituents is 1. The van der Waals surface area contributed by atoms with Gasteiger partial charge < -0.3 is 10.0 Å². The lowest BCUT2D eigenvalue weighted by Crippen LogP contribution is -2.57. The molecule has 0 aromatic heterocycles. The van der Waals surface area contributed by atoms with Crippen LogP contribution in [0.4, 0.5) is 5.69 Å². The number of nitro benzene ring substituents is 1. The number of benzene rings is 1. The molecule has 1 amide bonds. The van der Waals surface area contributed by atoms with Crippen molar-refractivity contribution in [3.63, 3.8) is 0 Å². The van der Waals surface area contributed by atoms with E-state index in [1.807, 2.05) is 4.90 Å². The van der Waals surface area contributed by atoms with Crippen LogP contribution in [-0.4, -0.2) is 57.5 Å². The molecule has 0 unspecified atom stereocenters. The van der Waals surface area contributed by atoms with E-state index in [0.717, 1.165) is 38.4 Å². The number of hydrogen-bond acceptors (Lipinski definition) is 5. The molecule has 2 saturated heterocycles. The van der Waals surface area contributed by atoms with Crippen LogP contribution in [0.25, 0.3) is 0 Å². The van der Waals surface area contributed by atoms with E-state index in [1.54, 1.807) is 0 Å². The van der Waals surface area contributed by atoms with Crippen molar-refractivity contribution in [2.45, 2.75) is 38.3 Å². The van der Waals surface area contributed by atoms with Crippen LogP contribution >= 0.6 is 0 Å². The highest BCUT2D eigenvalue weighted by molar-refractivity contribution is 5.97. The van der Waals surface area contributed by atoms with Crippen LogP contribution in [0.3, 0.4) is 0 Å². The van der Waals surface area contributed by atoms with Crippen molar-refractivity contribution >= 4 is 11.6 Å². The van der Waals surface area contributed by atoms with Crippen LogP contribution in [0.15, 0.2) is 18.2 Å². The van der Waals surface area contributed by atoms with Gasteiger partial charge in [0.1, 0.15) is 5.75 Å². The van der Waals surface area contributed by atoms with Gasteiger partial charge in [-0.15, -0.1) is 0 Å². The Bertz CT molecular complexity index is 634. The number of amides is 1. The van der Waals surface area contributed by atoms with Crippen molar-refractivity contribution < 1.29 is 14.8 Å². The zero-order chi connectivity index (χ0) is 16.6. The molecule has 0 spiro atoms. The smallest absolute Gasteiger partial charge is 0.273 e. The third kappa shape index (κ3) is 2.88. The number of hydrogen-bond donors (Lipinski definition) is 1. The second kappa shape index (κ2) is 6.16. The van der Waals surface area contributed by atoms with E-state index in [-0.39, 0.29) is 28.9 Å². The molecule has 0 bridgehead atoms. The number of piperazine rings is 1. The maximum atomic E-state index is 12.8. The van der Waals surface area contributed by atoms with Gasteiger partial charge in [-0.25, -0.2) is 0 Å². The van der Waals surface area contributed by atoms with Crippen LogP contribution in [0, 0.1) is 10.1 Å². The average Bonchev–Trinajstić information content (AvgIpc) is 3.00. The van der Waals surface area contributed by atoms with Gasteiger partial charge in [0.2, 0.25) is 0 Å². The second-order valence-corrected chi connectivity index (χ2v) is 6.27. The second-order valence-electron chi connectivity index (χ2n) is 6.27. The summed E-state index contributed by atoms with van der Waals surface area (Å²) in [7, 11) is 0. The summed E-state index contributed by atoms with van der Waals surface area (Å²) in [6.45, 7) is 4.66. The van der Waals surface area contributed by atoms with Crippen LogP contribution in [0.5, 0.6) is 5.75 Å². The van der Waals surface area contributed by atoms with Gasteiger partial charge >= 0.3 is 0 Å². The number of phenolic OH excluding ortho intramolecular Hbond substituents is 1. The van der Waals surface area contributed by atoms with Gasteiger partial charge in [0.25, 0.3) is 11.6 Å². The van der Waals surface area contributed by atoms with Crippen LogP contribution < -0.4 is 0 Å². The molecule has 2 aliphatic heterocycles. The Morgan fingerprint density at radius 2 is 2.22 bits per heavy atom. The van der Waals surface area contributed by atoms with Crippen molar-refractivity contribution in [2.24, 2.45) is 0 Å². The van der Waals surface area contributed by atoms with E-state index in [0.29, 0.717) is 12.6 Å². The molecule has 7 nitrogen and oxygen atoms in total. The van der Waals surface area contributed by atoms with Gasteiger partial charge in [-0.2, -0.15) is 0 Å². The maximum Gasteiger partial charge on any atom is 0.273 e. The molecule has 0 aliphatic carbocycles. The van der Waals surface area contributed by atoms with Crippen LogP contribution in [0.1, 0.15) is 36.5 Å². The van der Waals surface area contributed by atoms with Crippen molar-refractivity contribution in [1.29, 1.82) is 0 Å². The van der Waals surface area contributed by atoms with Gasteiger partial charge in [0.05, 0.1) is 16.6 Å². The topological polar surface area (TPSA) is 86.9 Å². The fourth-order valence-electron chi connectivity index (χ4n) is 3.66. The van der Waals surface area contributed by atoms with Crippen LogP contribution in [0.2, 0.25) is 0 Å². The summed E-state index contributed by atoms with van der Waals surface area (Å²) < 4.78 is 0. The largest absolute Gasteiger partial charge is 0.507 e. The first-order valence-electron chi connectivity index (χ1n) is 8.03. The summed E-state index contributed by atoms with van der Waals surface area (Å²) in [5.41, 5.74) is -0.0767. The number of nitro groups is 1. The number of rotatable bonds is 3. The molecule has 2 aliphatic rings. The zero-order valence-corrected chi connectivity index (χ0v) is 13.1. The summed E-state index contributed by atoms with van der Waals surface area (Å²) >= 11 is 0. The minimum Gasteiger partial charge on any atom is -0.507 e. The normalized spacial score (nSPS) is 24.5. The molecule has 2 fully saturated rings. The quantitative estimate of drug-likeness (QED) is 0.680. The fraction of sp³-hybridized carbons (Fsp3) is 0.562. The summed E-state index contributed by atoms with van der Waals surface area (Å²) in [5.74, 6) is -0.566. The Balaban J connectivity index is 1.85. The standard InChI is InChI=1S/C16H21N3O4/c1-2-11-9-17-7-3-4-13(17)10-18(11)16(21)14-6-5-12(19(22)23)8-15(14)20/h5-6,8,11,13,20H,2-4,7,9-10H2,1H3/t11-,13+/m0/s1. The van der Waals surface area contributed by atoms with Gasteiger partial charge in [0.15, 0.2) is 0 Å². The molecule has 1 aromatic carbocycles. The van der Waals surface area contributed by atoms with E-state index >= 15 is 0 Å². The SMILES string of the molecule is CC[C@H]1CN2CCC[C@@H]2CN1C(=O)c1ccc([N+](=O)[O-])cc1O. The molecule has 124 valence electrons. The molecule has 2 atom stereocenters. The Hall–Kier alpha value is -2.15. The lowest BCUT2D eigenvalue weighted by molar-refractivity contribution is -0.384. The first-order chi connectivity index (χ1) is 11.0. The molecule has 1 aromatic rings. The first-order valence-corrected chi connectivity index (χ1v) is 8.03. The average molecular weight is 319 g/mol. The minimum absolute atomic E-state index is 0.117. The molecule has 0 saturated carbocycles. The van der Waals surface area contributed by atoms with Crippen LogP contribution in [-0.2, 0) is 0 Å². The Labute approximate surface area is 134 Å². The number of carbonyl (C=O) groups excluding carboxylic acids is 1. The summed E-state index contributed by atoms with van der Waals surface area (Å²) in [5, 5.41) is 20.8. The first kappa shape index (κ1) is 15.7. The van der Waals surface area contributed by atoms with E-state index in [1.165, 1.54) is 12.1 Å². The minimum atomic E-state index is -0.583. The maximum absolute atomic E-state index is 12.8. The Kier molecular flexibility index (Phi) is 4.21. The molecule has 23 heavy (non-hydrogen) atoms. The predicted molar refractivity (Wildman–Crippen MR) is 84.5 cm³/mol. The zero-order valence-electron chi connectivity index (χ0n) is 13.1. The number of fused-ring (bicyclic) bond motifs is 1. The van der Waals surface area contributed by atoms with E-state index in [2.05, 4.69) is 11.8 Å². The lowest BCUT2D eigenvalue weighted by atomic mass is 10.0. The van der Waals surface area contributed by atoms with E-state index in [9.17, 15) is 20.0 Å². The van der Waals surface area contributed by atoms with Gasteiger partial charge in [0, 0.05) is 31.2 Å². The highest BCUT2D eigenvalue weighted by Gasteiger charge is 2.38. The van der Waals surface area contributed by atoms with Crippen molar-refractivity contribution in [1.82, 2.24) is 9.80 Å². The highest BCUT2D eigenvalue weighted by Crippen LogP contribution is 2.30. The molecular weight excluding hydrogens is 298 g/mol. The molecule has 7 heteroatoms. The summed E-state index contributed by atoms with van der Waals surface area (Å²) in [6, 6.07) is 4.16. The number of nitrogens with zero attached hydrogens (tertiary/aromatic N) is 3. The monoisotopic (exact) mass is 319 g/mol. The highest BCUT2D eigenvalue weighted by atomic mass is 16.6. The van der Waals surface area contributed by atoms with E-state index in [4.69, 9.17) is 0 Å². The van der Waals surface area contributed by atoms with Gasteiger partial charge in [-0.1, -0.05) is 6.92 Å². The van der Waals surface area contributed by atoms with Crippen molar-refractivity contribution in [3.05, 3.63) is 33.9 Å². The van der Waals surface area contributed by atoms with E-state index < -0.39 is 4.92 Å². The Morgan fingerprint density at radius 1 is 1.43 bits per heavy atom. The summed E-state index contributed by atoms with van der Waals surface area (Å²) in [6.07, 6.45) is 3.10. The predicted octanol–water partition coefficient (Wildman–Crippen LogP) is 2.00. The third-order valence-electron chi connectivity index (χ3n) is 4.95. The van der Waals surface area contributed by atoms with Crippen molar-refractivity contribution in [2.75, 3.05) is 19.6 Å². The number of phenols is 1. The van der Waals surface area contributed by atoms with Gasteiger partial charge in [-0.05, 0) is 31.9 Å². The molecule has 1 N–H and O–H groups in total. The molecular formula is C16H21N3O4. The van der Waals surface area contributed by atoms with Gasteiger partial charge in [-0.3, -0.25) is 19.8 Å². The molecule has 0 radical (unpaired) electrons. The third-order valence-corrected chi connectivity index (χ3v) is 4.95. The fourth-order valence-corrected chi connectivity index (χ4v) is 3.66. The lowest BCUT2D eigenvalue weighted by Gasteiger charge is -2.43. The number of carbonyl (C=O) groups is 1. The van der Waals surface area contributed by atoms with Crippen molar-refractivity contribution in [3.8, 4) is 5.75 Å².